The fraction of sp³-hybridized carbons (Fsp3) is 0.286. The van der Waals surface area contributed by atoms with Crippen LogP contribution in [0.4, 0.5) is 0 Å². The molecule has 5 heteroatoms. The van der Waals surface area contributed by atoms with Crippen LogP contribution in [0.25, 0.3) is 10.8 Å². The van der Waals surface area contributed by atoms with Crippen LogP contribution in [0, 0.1) is 0 Å². The first-order valence-electron chi connectivity index (χ1n) is 8.68. The summed E-state index contributed by atoms with van der Waals surface area (Å²) in [5.74, 6) is 0.523. The van der Waals surface area contributed by atoms with E-state index in [4.69, 9.17) is 13.9 Å². The number of carbonyl (C=O) groups is 1. The van der Waals surface area contributed by atoms with Crippen LogP contribution in [0.1, 0.15) is 22.8 Å². The fourth-order valence-corrected chi connectivity index (χ4v) is 2.96. The zero-order chi connectivity index (χ0) is 18.4. The Bertz CT molecular complexity index is 858. The molecule has 2 aromatic carbocycles. The van der Waals surface area contributed by atoms with E-state index in [-0.39, 0.29) is 5.91 Å². The van der Waals surface area contributed by atoms with E-state index in [1.54, 1.807) is 24.5 Å². The van der Waals surface area contributed by atoms with Crippen LogP contribution in [0.5, 0.6) is 5.75 Å². The highest BCUT2D eigenvalue weighted by Crippen LogP contribution is 2.30. The molecule has 5 nitrogen and oxygen atoms in total. The van der Waals surface area contributed by atoms with Crippen molar-refractivity contribution >= 4 is 16.7 Å². The minimum atomic E-state index is -0.0801. The lowest BCUT2D eigenvalue weighted by molar-refractivity contribution is 0.0678. The summed E-state index contributed by atoms with van der Waals surface area (Å²) in [6, 6.07) is 13.6. The average Bonchev–Trinajstić information content (AvgIpc) is 3.18. The number of hydrogen-bond donors (Lipinski definition) is 0. The number of ether oxygens (including phenoxy) is 2. The number of rotatable bonds is 8. The topological polar surface area (TPSA) is 51.9 Å². The smallest absolute Gasteiger partial charge is 0.258 e. The zero-order valence-electron chi connectivity index (χ0n) is 15.1. The molecular weight excluding hydrogens is 330 g/mol. The van der Waals surface area contributed by atoms with Crippen LogP contribution >= 0.6 is 0 Å². The van der Waals surface area contributed by atoms with E-state index in [2.05, 4.69) is 0 Å². The molecule has 0 aliphatic rings. The summed E-state index contributed by atoms with van der Waals surface area (Å²) < 4.78 is 16.1. The average molecular weight is 353 g/mol. The van der Waals surface area contributed by atoms with Crippen molar-refractivity contribution in [1.29, 1.82) is 0 Å². The molecule has 26 heavy (non-hydrogen) atoms. The van der Waals surface area contributed by atoms with Gasteiger partial charge in [0.15, 0.2) is 0 Å². The second-order valence-electron chi connectivity index (χ2n) is 5.94. The first kappa shape index (κ1) is 18.0. The number of hydrogen-bond acceptors (Lipinski definition) is 4. The van der Waals surface area contributed by atoms with Gasteiger partial charge in [0, 0.05) is 25.8 Å². The monoisotopic (exact) mass is 353 g/mol. The Labute approximate surface area is 153 Å². The predicted molar refractivity (Wildman–Crippen MR) is 100 cm³/mol. The predicted octanol–water partition coefficient (Wildman–Crippen LogP) is 4.12. The van der Waals surface area contributed by atoms with Gasteiger partial charge in [-0.25, -0.2) is 0 Å². The van der Waals surface area contributed by atoms with Crippen LogP contribution in [0.3, 0.4) is 0 Å². The largest absolute Gasteiger partial charge is 0.493 e. The minimum absolute atomic E-state index is 0.0801. The van der Waals surface area contributed by atoms with Gasteiger partial charge in [-0.3, -0.25) is 4.79 Å². The second kappa shape index (κ2) is 8.54. The molecule has 0 fully saturated rings. The summed E-state index contributed by atoms with van der Waals surface area (Å²) in [5.41, 5.74) is 1.53. The Kier molecular flexibility index (Phi) is 5.92. The van der Waals surface area contributed by atoms with Gasteiger partial charge in [-0.1, -0.05) is 30.3 Å². The molecule has 3 aromatic rings. The van der Waals surface area contributed by atoms with Gasteiger partial charge in [0.05, 0.1) is 31.3 Å². The third kappa shape index (κ3) is 3.89. The lowest BCUT2D eigenvalue weighted by Gasteiger charge is -2.24. The number of carbonyl (C=O) groups excluding carboxylic acids is 1. The van der Waals surface area contributed by atoms with E-state index in [1.165, 1.54) is 0 Å². The van der Waals surface area contributed by atoms with Crippen molar-refractivity contribution in [3.05, 3.63) is 66.1 Å². The molecule has 1 aromatic heterocycles. The van der Waals surface area contributed by atoms with Crippen LogP contribution in [0.2, 0.25) is 0 Å². The van der Waals surface area contributed by atoms with Crippen LogP contribution in [0.15, 0.2) is 59.4 Å². The highest BCUT2D eigenvalue weighted by molar-refractivity contribution is 6.09. The minimum Gasteiger partial charge on any atom is -0.493 e. The number of amides is 1. The lowest BCUT2D eigenvalue weighted by atomic mass is 10.0. The molecule has 0 bridgehead atoms. The maximum absolute atomic E-state index is 13.4. The molecule has 136 valence electrons. The fourth-order valence-electron chi connectivity index (χ4n) is 2.96. The molecule has 1 amide bonds. The molecule has 0 saturated carbocycles. The Hall–Kier alpha value is -2.79. The number of benzene rings is 2. The molecule has 0 aliphatic heterocycles. The highest BCUT2D eigenvalue weighted by atomic mass is 16.5. The molecule has 1 heterocycles. The number of nitrogens with zero attached hydrogens (tertiary/aromatic N) is 1. The second-order valence-corrected chi connectivity index (χ2v) is 5.94. The molecule has 0 spiro atoms. The SMILES string of the molecule is CCOc1ccc2ccccc2c1C(=O)N(CCOC)Cc1ccoc1. The van der Waals surface area contributed by atoms with E-state index < -0.39 is 0 Å². The van der Waals surface area contributed by atoms with E-state index in [0.29, 0.717) is 37.6 Å². The Morgan fingerprint density at radius 1 is 1.15 bits per heavy atom. The summed E-state index contributed by atoms with van der Waals surface area (Å²) >= 11 is 0. The molecule has 0 saturated heterocycles. The molecule has 0 aliphatic carbocycles. The van der Waals surface area contributed by atoms with Gasteiger partial charge in [-0.15, -0.1) is 0 Å². The highest BCUT2D eigenvalue weighted by Gasteiger charge is 2.23. The van der Waals surface area contributed by atoms with E-state index in [1.807, 2.05) is 49.4 Å². The molecule has 0 atom stereocenters. The summed E-state index contributed by atoms with van der Waals surface area (Å²) in [7, 11) is 1.63. The maximum Gasteiger partial charge on any atom is 0.258 e. The van der Waals surface area contributed by atoms with Crippen molar-refractivity contribution < 1.29 is 18.7 Å². The normalized spacial score (nSPS) is 10.8. The molecule has 0 unspecified atom stereocenters. The van der Waals surface area contributed by atoms with Crippen LogP contribution in [-0.4, -0.2) is 37.7 Å². The Morgan fingerprint density at radius 3 is 2.73 bits per heavy atom. The third-order valence-electron chi connectivity index (χ3n) is 4.21. The number of methoxy groups -OCH3 is 1. The van der Waals surface area contributed by atoms with Gasteiger partial charge in [0.25, 0.3) is 5.91 Å². The van der Waals surface area contributed by atoms with Gasteiger partial charge in [-0.2, -0.15) is 0 Å². The van der Waals surface area contributed by atoms with Crippen molar-refractivity contribution in [1.82, 2.24) is 4.90 Å². The van der Waals surface area contributed by atoms with Gasteiger partial charge < -0.3 is 18.8 Å². The molecule has 3 rings (SSSR count). The molecular formula is C21H23NO4. The first-order chi connectivity index (χ1) is 12.7. The number of furan rings is 1. The Balaban J connectivity index is 2.02. The van der Waals surface area contributed by atoms with Crippen molar-refractivity contribution in [2.24, 2.45) is 0 Å². The van der Waals surface area contributed by atoms with Gasteiger partial charge in [0.2, 0.25) is 0 Å². The number of fused-ring (bicyclic) bond motifs is 1. The Morgan fingerprint density at radius 2 is 2.00 bits per heavy atom. The van der Waals surface area contributed by atoms with Crippen LogP contribution in [-0.2, 0) is 11.3 Å². The van der Waals surface area contributed by atoms with E-state index in [0.717, 1.165) is 16.3 Å². The third-order valence-corrected chi connectivity index (χ3v) is 4.21. The summed E-state index contributed by atoms with van der Waals surface area (Å²) in [6.45, 7) is 3.80. The maximum atomic E-state index is 13.4. The van der Waals surface area contributed by atoms with E-state index in [9.17, 15) is 4.79 Å². The summed E-state index contributed by atoms with van der Waals surface area (Å²) in [5, 5.41) is 1.90. The van der Waals surface area contributed by atoms with Gasteiger partial charge >= 0.3 is 0 Å². The van der Waals surface area contributed by atoms with Gasteiger partial charge in [-0.05, 0) is 29.8 Å². The van der Waals surface area contributed by atoms with Crippen molar-refractivity contribution in [3.8, 4) is 5.75 Å². The zero-order valence-corrected chi connectivity index (χ0v) is 15.1. The van der Waals surface area contributed by atoms with E-state index >= 15 is 0 Å². The first-order valence-corrected chi connectivity index (χ1v) is 8.68. The van der Waals surface area contributed by atoms with Crippen molar-refractivity contribution in [2.75, 3.05) is 26.9 Å². The summed E-state index contributed by atoms with van der Waals surface area (Å²) in [4.78, 5) is 15.2. The van der Waals surface area contributed by atoms with Crippen molar-refractivity contribution in [2.45, 2.75) is 13.5 Å². The summed E-state index contributed by atoms with van der Waals surface area (Å²) in [6.07, 6.45) is 3.26. The van der Waals surface area contributed by atoms with Crippen LogP contribution < -0.4 is 4.74 Å². The molecule has 0 N–H and O–H groups in total. The van der Waals surface area contributed by atoms with Crippen molar-refractivity contribution in [3.63, 3.8) is 0 Å². The lowest BCUT2D eigenvalue weighted by Crippen LogP contribution is -2.33. The quantitative estimate of drug-likeness (QED) is 0.611. The standard InChI is InChI=1S/C21H23NO4/c1-3-26-19-9-8-17-6-4-5-7-18(17)20(19)21(23)22(11-13-24-2)14-16-10-12-25-15-16/h4-10,12,15H,3,11,13-14H2,1-2H3. The van der Waals surface area contributed by atoms with Gasteiger partial charge in [0.1, 0.15) is 5.75 Å². The molecule has 0 radical (unpaired) electrons.